The average molecular weight is 396 g/mol. The molecule has 4 nitrogen and oxygen atoms in total. The molecule has 2 amide bonds. The smallest absolute Gasteiger partial charge is 0.244 e. The van der Waals surface area contributed by atoms with E-state index in [2.05, 4.69) is 21.2 Å². The van der Waals surface area contributed by atoms with Crippen molar-refractivity contribution in [2.45, 2.75) is 13.8 Å². The first kappa shape index (κ1) is 17.5. The maximum atomic E-state index is 12.2. The average Bonchev–Trinajstić information content (AvgIpc) is 2.49. The summed E-state index contributed by atoms with van der Waals surface area (Å²) in [5.74, 6) is -0.493. The van der Waals surface area contributed by atoms with E-state index in [0.29, 0.717) is 16.4 Å². The number of anilines is 2. The van der Waals surface area contributed by atoms with Gasteiger partial charge in [-0.2, -0.15) is 0 Å². The second kappa shape index (κ2) is 7.62. The van der Waals surface area contributed by atoms with Crippen LogP contribution in [0.4, 0.5) is 11.4 Å². The van der Waals surface area contributed by atoms with Crippen molar-refractivity contribution >= 4 is 50.7 Å². The summed E-state index contributed by atoms with van der Waals surface area (Å²) in [7, 11) is 0. The summed E-state index contributed by atoms with van der Waals surface area (Å²) in [6, 6.07) is 12.5. The Bertz CT molecular complexity index is 732. The SMILES string of the molecule is CC(=O)N(CC(=O)Nc1ccc(C)c(Cl)c1)c1ccc(Br)cc1. The third kappa shape index (κ3) is 4.81. The van der Waals surface area contributed by atoms with E-state index in [1.807, 2.05) is 25.1 Å². The van der Waals surface area contributed by atoms with E-state index in [-0.39, 0.29) is 18.4 Å². The number of halogens is 2. The fourth-order valence-electron chi connectivity index (χ4n) is 2.02. The van der Waals surface area contributed by atoms with Crippen molar-refractivity contribution in [3.8, 4) is 0 Å². The molecule has 1 N–H and O–H groups in total. The Hall–Kier alpha value is -1.85. The van der Waals surface area contributed by atoms with Gasteiger partial charge >= 0.3 is 0 Å². The van der Waals surface area contributed by atoms with Crippen LogP contribution in [0.5, 0.6) is 0 Å². The number of nitrogens with one attached hydrogen (secondary N) is 1. The summed E-state index contributed by atoms with van der Waals surface area (Å²) in [4.78, 5) is 25.4. The van der Waals surface area contributed by atoms with Crippen LogP contribution in [0.3, 0.4) is 0 Å². The van der Waals surface area contributed by atoms with Gasteiger partial charge in [0.05, 0.1) is 0 Å². The normalized spacial score (nSPS) is 10.3. The van der Waals surface area contributed by atoms with E-state index in [1.54, 1.807) is 24.3 Å². The first-order chi connectivity index (χ1) is 10.9. The Kier molecular flexibility index (Phi) is 5.80. The zero-order valence-corrected chi connectivity index (χ0v) is 15.1. The van der Waals surface area contributed by atoms with Crippen molar-refractivity contribution in [2.75, 3.05) is 16.8 Å². The van der Waals surface area contributed by atoms with Gasteiger partial charge < -0.3 is 10.2 Å². The summed E-state index contributed by atoms with van der Waals surface area (Å²) in [5, 5.41) is 3.33. The van der Waals surface area contributed by atoms with E-state index < -0.39 is 0 Å². The molecule has 0 saturated carbocycles. The molecule has 2 aromatic rings. The zero-order valence-electron chi connectivity index (χ0n) is 12.8. The summed E-state index contributed by atoms with van der Waals surface area (Å²) in [5.41, 5.74) is 2.20. The van der Waals surface area contributed by atoms with Crippen molar-refractivity contribution in [1.82, 2.24) is 0 Å². The van der Waals surface area contributed by atoms with Crippen LogP contribution < -0.4 is 10.2 Å². The van der Waals surface area contributed by atoms with Crippen molar-refractivity contribution in [3.63, 3.8) is 0 Å². The molecule has 2 aromatic carbocycles. The number of carbonyl (C=O) groups excluding carboxylic acids is 2. The minimum atomic E-state index is -0.289. The van der Waals surface area contributed by atoms with E-state index in [9.17, 15) is 9.59 Å². The number of amides is 2. The first-order valence-electron chi connectivity index (χ1n) is 6.96. The molecule has 23 heavy (non-hydrogen) atoms. The minimum absolute atomic E-state index is 0.0670. The molecule has 0 aliphatic heterocycles. The standard InChI is InChI=1S/C17H16BrClN2O2/c1-11-3-6-14(9-16(11)19)20-17(23)10-21(12(2)22)15-7-4-13(18)5-8-15/h3-9H,10H2,1-2H3,(H,20,23). The highest BCUT2D eigenvalue weighted by Crippen LogP contribution is 2.21. The fraction of sp³-hybridized carbons (Fsp3) is 0.176. The van der Waals surface area contributed by atoms with Crippen LogP contribution in [0, 0.1) is 6.92 Å². The minimum Gasteiger partial charge on any atom is -0.324 e. The lowest BCUT2D eigenvalue weighted by Crippen LogP contribution is -2.36. The summed E-state index contributed by atoms with van der Waals surface area (Å²) >= 11 is 9.39. The van der Waals surface area contributed by atoms with Crippen molar-refractivity contribution < 1.29 is 9.59 Å². The monoisotopic (exact) mass is 394 g/mol. The van der Waals surface area contributed by atoms with Crippen molar-refractivity contribution in [2.24, 2.45) is 0 Å². The Balaban J connectivity index is 2.10. The highest BCUT2D eigenvalue weighted by molar-refractivity contribution is 9.10. The van der Waals surface area contributed by atoms with Gasteiger partial charge in [0.1, 0.15) is 6.54 Å². The molecular weight excluding hydrogens is 380 g/mol. The van der Waals surface area contributed by atoms with Gasteiger partial charge in [0.2, 0.25) is 11.8 Å². The molecule has 0 aliphatic rings. The van der Waals surface area contributed by atoms with Crippen LogP contribution in [0.25, 0.3) is 0 Å². The lowest BCUT2D eigenvalue weighted by atomic mass is 10.2. The van der Waals surface area contributed by atoms with Crippen LogP contribution in [0.15, 0.2) is 46.9 Å². The second-order valence-corrected chi connectivity index (χ2v) is 6.42. The number of benzene rings is 2. The van der Waals surface area contributed by atoms with Crippen LogP contribution >= 0.6 is 27.5 Å². The largest absolute Gasteiger partial charge is 0.324 e. The highest BCUT2D eigenvalue weighted by atomic mass is 79.9. The van der Waals surface area contributed by atoms with Crippen LogP contribution in [-0.2, 0) is 9.59 Å². The van der Waals surface area contributed by atoms with Crippen molar-refractivity contribution in [1.29, 1.82) is 0 Å². The molecule has 0 fully saturated rings. The number of rotatable bonds is 4. The summed E-state index contributed by atoms with van der Waals surface area (Å²) in [6.07, 6.45) is 0. The van der Waals surface area contributed by atoms with Gasteiger partial charge in [-0.25, -0.2) is 0 Å². The molecule has 120 valence electrons. The Morgan fingerprint density at radius 2 is 1.83 bits per heavy atom. The van der Waals surface area contributed by atoms with Gasteiger partial charge in [0, 0.05) is 27.8 Å². The Morgan fingerprint density at radius 3 is 2.39 bits per heavy atom. The number of hydrogen-bond donors (Lipinski definition) is 1. The maximum absolute atomic E-state index is 12.2. The first-order valence-corrected chi connectivity index (χ1v) is 8.13. The molecule has 6 heteroatoms. The number of hydrogen-bond acceptors (Lipinski definition) is 2. The molecule has 0 spiro atoms. The van der Waals surface area contributed by atoms with Crippen LogP contribution in [0.2, 0.25) is 5.02 Å². The molecule has 0 heterocycles. The lowest BCUT2D eigenvalue weighted by molar-refractivity contribution is -0.120. The summed E-state index contributed by atoms with van der Waals surface area (Å²) in [6.45, 7) is 3.25. The fourth-order valence-corrected chi connectivity index (χ4v) is 2.47. The predicted octanol–water partition coefficient (Wildman–Crippen LogP) is 4.40. The highest BCUT2D eigenvalue weighted by Gasteiger charge is 2.16. The summed E-state index contributed by atoms with van der Waals surface area (Å²) < 4.78 is 0.906. The second-order valence-electron chi connectivity index (χ2n) is 5.09. The third-order valence-corrected chi connectivity index (χ3v) is 4.21. The van der Waals surface area contributed by atoms with E-state index in [4.69, 9.17) is 11.6 Å². The van der Waals surface area contributed by atoms with Gasteiger partial charge in [-0.1, -0.05) is 33.6 Å². The van der Waals surface area contributed by atoms with Gasteiger partial charge in [-0.15, -0.1) is 0 Å². The van der Waals surface area contributed by atoms with E-state index >= 15 is 0 Å². The molecule has 0 aliphatic carbocycles. The Labute approximate surface area is 148 Å². The van der Waals surface area contributed by atoms with Gasteiger partial charge in [0.25, 0.3) is 0 Å². The number of nitrogens with zero attached hydrogens (tertiary/aromatic N) is 1. The Morgan fingerprint density at radius 1 is 1.17 bits per heavy atom. The van der Waals surface area contributed by atoms with Crippen molar-refractivity contribution in [3.05, 3.63) is 57.5 Å². The van der Waals surface area contributed by atoms with Crippen LogP contribution in [-0.4, -0.2) is 18.4 Å². The van der Waals surface area contributed by atoms with Gasteiger partial charge in [-0.05, 0) is 48.9 Å². The molecule has 0 radical (unpaired) electrons. The molecular formula is C17H16BrClN2O2. The topological polar surface area (TPSA) is 49.4 Å². The van der Waals surface area contributed by atoms with Crippen LogP contribution in [0.1, 0.15) is 12.5 Å². The number of aryl methyl sites for hydroxylation is 1. The molecule has 0 bridgehead atoms. The molecule has 0 saturated heterocycles. The molecule has 0 aromatic heterocycles. The lowest BCUT2D eigenvalue weighted by Gasteiger charge is -2.20. The van der Waals surface area contributed by atoms with E-state index in [0.717, 1.165) is 10.0 Å². The molecule has 0 atom stereocenters. The molecule has 0 unspecified atom stereocenters. The van der Waals surface area contributed by atoms with E-state index in [1.165, 1.54) is 11.8 Å². The maximum Gasteiger partial charge on any atom is 0.244 e. The number of carbonyl (C=O) groups is 2. The third-order valence-electron chi connectivity index (χ3n) is 3.28. The zero-order chi connectivity index (χ0) is 17.0. The predicted molar refractivity (Wildman–Crippen MR) is 97.0 cm³/mol. The van der Waals surface area contributed by atoms with Gasteiger partial charge in [-0.3, -0.25) is 9.59 Å². The van der Waals surface area contributed by atoms with Gasteiger partial charge in [0.15, 0.2) is 0 Å². The molecule has 2 rings (SSSR count). The quantitative estimate of drug-likeness (QED) is 0.834.